The zero-order valence-electron chi connectivity index (χ0n) is 18.7. The summed E-state index contributed by atoms with van der Waals surface area (Å²) in [6.07, 6.45) is 5.76. The number of benzene rings is 2. The summed E-state index contributed by atoms with van der Waals surface area (Å²) in [5, 5.41) is 12.9. The van der Waals surface area contributed by atoms with Gasteiger partial charge in [0.25, 0.3) is 0 Å². The monoisotopic (exact) mass is 447 g/mol. The zero-order chi connectivity index (χ0) is 22.9. The van der Waals surface area contributed by atoms with Crippen molar-refractivity contribution in [2.45, 2.75) is 37.3 Å². The Morgan fingerprint density at radius 2 is 1.91 bits per heavy atom. The number of fused-ring (bicyclic) bond motifs is 1. The van der Waals surface area contributed by atoms with Gasteiger partial charge >= 0.3 is 6.03 Å². The number of amides is 3. The summed E-state index contributed by atoms with van der Waals surface area (Å²) >= 11 is 0. The molecule has 1 aliphatic carbocycles. The van der Waals surface area contributed by atoms with E-state index in [1.807, 2.05) is 0 Å². The molecule has 2 fully saturated rings. The smallest absolute Gasteiger partial charge is 0.322 e. The Balaban J connectivity index is 1.31. The van der Waals surface area contributed by atoms with Crippen molar-refractivity contribution in [2.75, 3.05) is 32.1 Å². The van der Waals surface area contributed by atoms with E-state index < -0.39 is 0 Å². The van der Waals surface area contributed by atoms with Crippen molar-refractivity contribution in [1.29, 1.82) is 0 Å². The van der Waals surface area contributed by atoms with Crippen LogP contribution in [0.5, 0.6) is 5.75 Å². The molecule has 0 saturated carbocycles. The van der Waals surface area contributed by atoms with Crippen molar-refractivity contribution < 1.29 is 19.4 Å². The van der Waals surface area contributed by atoms with Crippen LogP contribution in [0.3, 0.4) is 0 Å². The van der Waals surface area contributed by atoms with Crippen LogP contribution in [0.1, 0.15) is 36.3 Å². The number of urea groups is 1. The molecule has 2 saturated heterocycles. The third-order valence-corrected chi connectivity index (χ3v) is 7.09. The maximum atomic E-state index is 12.9. The lowest BCUT2D eigenvalue weighted by Crippen LogP contribution is -2.73. The standard InChI is InChI=1S/C26H29N3O4/c1-33-21-12-10-20(11-13-21)27-26(32)28-14-22-25(23(16-30)29(22)24(31)15-28)19-8-6-18(7-9-19)17-4-2-3-5-17/h4,6-13,22-23,25,30H,2-3,5,14-16H2,1H3,(H,27,32)/t22-,23+,25+/m1/s1. The van der Waals surface area contributed by atoms with Crippen molar-refractivity contribution in [3.63, 3.8) is 0 Å². The third-order valence-electron chi connectivity index (χ3n) is 7.09. The SMILES string of the molecule is COc1ccc(NC(=O)N2CC(=O)N3[C@H](C2)[C@H](c2ccc(C4=CCCC4)cc2)[C@@H]3CO)cc1. The molecular formula is C26H29N3O4. The molecule has 33 heavy (non-hydrogen) atoms. The Bertz CT molecular complexity index is 1060. The number of piperazine rings is 1. The van der Waals surface area contributed by atoms with Gasteiger partial charge in [0.15, 0.2) is 0 Å². The van der Waals surface area contributed by atoms with Crippen molar-refractivity contribution in [1.82, 2.24) is 9.80 Å². The molecule has 0 aromatic heterocycles. The van der Waals surface area contributed by atoms with Crippen LogP contribution in [0.15, 0.2) is 54.6 Å². The predicted molar refractivity (Wildman–Crippen MR) is 126 cm³/mol. The van der Waals surface area contributed by atoms with Gasteiger partial charge in [0, 0.05) is 18.2 Å². The second kappa shape index (κ2) is 8.90. The van der Waals surface area contributed by atoms with E-state index in [9.17, 15) is 14.7 Å². The highest BCUT2D eigenvalue weighted by atomic mass is 16.5. The lowest BCUT2D eigenvalue weighted by molar-refractivity contribution is -0.159. The first kappa shape index (κ1) is 21.5. The number of carbonyl (C=O) groups is 2. The van der Waals surface area contributed by atoms with E-state index in [0.29, 0.717) is 18.0 Å². The molecule has 0 unspecified atom stereocenters. The summed E-state index contributed by atoms with van der Waals surface area (Å²) in [5.74, 6) is 0.584. The molecule has 5 rings (SSSR count). The van der Waals surface area contributed by atoms with E-state index in [2.05, 4.69) is 35.7 Å². The third kappa shape index (κ3) is 3.97. The molecule has 0 spiro atoms. The lowest BCUT2D eigenvalue weighted by atomic mass is 9.73. The number of anilines is 1. The van der Waals surface area contributed by atoms with Crippen molar-refractivity contribution >= 4 is 23.2 Å². The van der Waals surface area contributed by atoms with E-state index in [1.54, 1.807) is 41.2 Å². The summed E-state index contributed by atoms with van der Waals surface area (Å²) in [6, 6.07) is 14.9. The topological polar surface area (TPSA) is 82.1 Å². The van der Waals surface area contributed by atoms with Gasteiger partial charge in [-0.15, -0.1) is 0 Å². The number of hydrogen-bond acceptors (Lipinski definition) is 4. The van der Waals surface area contributed by atoms with Crippen molar-refractivity contribution in [3.05, 3.63) is 65.7 Å². The average Bonchev–Trinajstić information content (AvgIpc) is 3.36. The van der Waals surface area contributed by atoms with Gasteiger partial charge in [-0.05, 0) is 60.2 Å². The number of nitrogens with one attached hydrogen (secondary N) is 1. The molecule has 7 nitrogen and oxygen atoms in total. The molecule has 0 radical (unpaired) electrons. The number of hydrogen-bond donors (Lipinski definition) is 2. The van der Waals surface area contributed by atoms with Gasteiger partial charge in [-0.3, -0.25) is 4.79 Å². The maximum Gasteiger partial charge on any atom is 0.322 e. The van der Waals surface area contributed by atoms with E-state index in [0.717, 1.165) is 18.4 Å². The van der Waals surface area contributed by atoms with Gasteiger partial charge in [0.2, 0.25) is 5.91 Å². The summed E-state index contributed by atoms with van der Waals surface area (Å²) in [4.78, 5) is 29.1. The quantitative estimate of drug-likeness (QED) is 0.736. The predicted octanol–water partition coefficient (Wildman–Crippen LogP) is 3.47. The molecule has 3 atom stereocenters. The second-order valence-electron chi connectivity index (χ2n) is 8.93. The largest absolute Gasteiger partial charge is 0.497 e. The van der Waals surface area contributed by atoms with Crippen LogP contribution in [0, 0.1) is 0 Å². The highest BCUT2D eigenvalue weighted by Crippen LogP contribution is 2.43. The maximum absolute atomic E-state index is 12.9. The first-order chi connectivity index (χ1) is 16.1. The summed E-state index contributed by atoms with van der Waals surface area (Å²) < 4.78 is 5.15. The fraction of sp³-hybridized carbons (Fsp3) is 0.385. The molecule has 2 aromatic carbocycles. The van der Waals surface area contributed by atoms with Gasteiger partial charge in [-0.25, -0.2) is 4.79 Å². The zero-order valence-corrected chi connectivity index (χ0v) is 18.7. The molecule has 7 heteroatoms. The summed E-state index contributed by atoms with van der Waals surface area (Å²) in [5.41, 5.74) is 4.38. The minimum Gasteiger partial charge on any atom is -0.497 e. The van der Waals surface area contributed by atoms with E-state index in [1.165, 1.54) is 17.6 Å². The first-order valence-corrected chi connectivity index (χ1v) is 11.5. The highest BCUT2D eigenvalue weighted by molar-refractivity contribution is 5.93. The Kier molecular flexibility index (Phi) is 5.81. The Morgan fingerprint density at radius 3 is 2.55 bits per heavy atom. The van der Waals surface area contributed by atoms with Crippen LogP contribution >= 0.6 is 0 Å². The van der Waals surface area contributed by atoms with Crippen molar-refractivity contribution in [3.8, 4) is 5.75 Å². The second-order valence-corrected chi connectivity index (χ2v) is 8.93. The molecular weight excluding hydrogens is 418 g/mol. The number of aliphatic hydroxyl groups excluding tert-OH is 1. The van der Waals surface area contributed by atoms with E-state index in [-0.39, 0.29) is 43.1 Å². The number of allylic oxidation sites excluding steroid dienone is 2. The molecule has 2 N–H and O–H groups in total. The van der Waals surface area contributed by atoms with Crippen LogP contribution in [0.2, 0.25) is 0 Å². The number of rotatable bonds is 5. The molecule has 0 bridgehead atoms. The summed E-state index contributed by atoms with van der Waals surface area (Å²) in [7, 11) is 1.59. The molecule has 3 aliphatic rings. The lowest BCUT2D eigenvalue weighted by Gasteiger charge is -2.58. The van der Waals surface area contributed by atoms with Gasteiger partial charge in [0.05, 0.1) is 25.8 Å². The average molecular weight is 448 g/mol. The molecule has 2 aliphatic heterocycles. The summed E-state index contributed by atoms with van der Waals surface area (Å²) in [6.45, 7) is 0.356. The Hall–Kier alpha value is -3.32. The van der Waals surface area contributed by atoms with Crippen molar-refractivity contribution in [2.24, 2.45) is 0 Å². The Labute approximate surface area is 193 Å². The number of carbonyl (C=O) groups excluding carboxylic acids is 2. The molecule has 2 aromatic rings. The number of ether oxygens (including phenoxy) is 1. The van der Waals surface area contributed by atoms with Crippen LogP contribution in [-0.2, 0) is 4.79 Å². The van der Waals surface area contributed by atoms with Crippen LogP contribution in [-0.4, -0.2) is 65.7 Å². The van der Waals surface area contributed by atoms with Gasteiger partial charge in [0.1, 0.15) is 12.3 Å². The number of nitrogens with zero attached hydrogens (tertiary/aromatic N) is 2. The van der Waals surface area contributed by atoms with Gasteiger partial charge in [-0.2, -0.15) is 0 Å². The fourth-order valence-electron chi connectivity index (χ4n) is 5.38. The fourth-order valence-corrected chi connectivity index (χ4v) is 5.38. The minimum absolute atomic E-state index is 0.00199. The Morgan fingerprint density at radius 1 is 1.15 bits per heavy atom. The van der Waals surface area contributed by atoms with Crippen LogP contribution in [0.25, 0.3) is 5.57 Å². The highest BCUT2D eigenvalue weighted by Gasteiger charge is 2.54. The number of aliphatic hydroxyl groups is 1. The van der Waals surface area contributed by atoms with E-state index >= 15 is 0 Å². The first-order valence-electron chi connectivity index (χ1n) is 11.5. The van der Waals surface area contributed by atoms with Gasteiger partial charge < -0.3 is 25.0 Å². The minimum atomic E-state index is -0.303. The molecule has 172 valence electrons. The molecule has 3 amide bonds. The van der Waals surface area contributed by atoms with Crippen LogP contribution < -0.4 is 10.1 Å². The number of methoxy groups -OCH3 is 1. The van der Waals surface area contributed by atoms with Crippen LogP contribution in [0.4, 0.5) is 10.5 Å². The van der Waals surface area contributed by atoms with Gasteiger partial charge in [-0.1, -0.05) is 30.3 Å². The molecule has 2 heterocycles. The normalized spacial score (nSPS) is 24.1. The van der Waals surface area contributed by atoms with E-state index in [4.69, 9.17) is 4.74 Å².